The fourth-order valence-corrected chi connectivity index (χ4v) is 2.27. The Morgan fingerprint density at radius 1 is 1.00 bits per heavy atom. The minimum absolute atomic E-state index is 0.0478. The van der Waals surface area contributed by atoms with Gasteiger partial charge in [-0.05, 0) is 29.0 Å². The zero-order valence-corrected chi connectivity index (χ0v) is 11.0. The summed E-state index contributed by atoms with van der Waals surface area (Å²) in [7, 11) is 0. The lowest BCUT2D eigenvalue weighted by Gasteiger charge is -2.07. The zero-order valence-electron chi connectivity index (χ0n) is 11.0. The van der Waals surface area contributed by atoms with Gasteiger partial charge >= 0.3 is 0 Å². The maximum Gasteiger partial charge on any atom is 0.251 e. The summed E-state index contributed by atoms with van der Waals surface area (Å²) < 4.78 is 5.24. The number of hydrogen-bond acceptors (Lipinski definition) is 2. The van der Waals surface area contributed by atoms with E-state index in [0.717, 1.165) is 16.5 Å². The van der Waals surface area contributed by atoms with Crippen LogP contribution in [0.3, 0.4) is 0 Å². The van der Waals surface area contributed by atoms with Gasteiger partial charge in [-0.25, -0.2) is 0 Å². The molecular weight excluding hydrogens is 250 g/mol. The van der Waals surface area contributed by atoms with E-state index in [2.05, 4.69) is 5.32 Å². The summed E-state index contributed by atoms with van der Waals surface area (Å²) in [5.41, 5.74) is 0.711. The molecule has 1 heterocycles. The average molecular weight is 265 g/mol. The van der Waals surface area contributed by atoms with Crippen molar-refractivity contribution in [2.75, 3.05) is 6.54 Å². The van der Waals surface area contributed by atoms with Crippen LogP contribution in [-0.2, 0) is 6.42 Å². The highest BCUT2D eigenvalue weighted by Crippen LogP contribution is 2.18. The fourth-order valence-electron chi connectivity index (χ4n) is 2.27. The van der Waals surface area contributed by atoms with Crippen LogP contribution in [-0.4, -0.2) is 12.5 Å². The van der Waals surface area contributed by atoms with Gasteiger partial charge in [-0.1, -0.05) is 36.4 Å². The monoisotopic (exact) mass is 265 g/mol. The first-order chi connectivity index (χ1) is 9.84. The smallest absolute Gasteiger partial charge is 0.251 e. The Morgan fingerprint density at radius 2 is 1.85 bits per heavy atom. The highest BCUT2D eigenvalue weighted by molar-refractivity contribution is 6.06. The number of fused-ring (bicyclic) bond motifs is 1. The van der Waals surface area contributed by atoms with E-state index >= 15 is 0 Å². The van der Waals surface area contributed by atoms with Gasteiger partial charge < -0.3 is 9.73 Å². The molecule has 0 bridgehead atoms. The Kier molecular flexibility index (Phi) is 3.50. The van der Waals surface area contributed by atoms with Gasteiger partial charge in [-0.15, -0.1) is 0 Å². The van der Waals surface area contributed by atoms with Gasteiger partial charge in [-0.3, -0.25) is 4.79 Å². The van der Waals surface area contributed by atoms with Crippen molar-refractivity contribution < 1.29 is 9.21 Å². The van der Waals surface area contributed by atoms with Crippen LogP contribution in [0.2, 0.25) is 0 Å². The van der Waals surface area contributed by atoms with Crippen LogP contribution in [0.4, 0.5) is 0 Å². The molecule has 0 spiro atoms. The third kappa shape index (κ3) is 2.57. The van der Waals surface area contributed by atoms with Crippen molar-refractivity contribution in [1.82, 2.24) is 5.32 Å². The van der Waals surface area contributed by atoms with Crippen LogP contribution in [0.25, 0.3) is 10.8 Å². The lowest BCUT2D eigenvalue weighted by atomic mass is 10.0. The molecule has 0 aliphatic rings. The first-order valence-corrected chi connectivity index (χ1v) is 6.63. The zero-order chi connectivity index (χ0) is 13.8. The summed E-state index contributed by atoms with van der Waals surface area (Å²) >= 11 is 0. The number of benzene rings is 2. The summed E-state index contributed by atoms with van der Waals surface area (Å²) in [4.78, 5) is 12.2. The quantitative estimate of drug-likeness (QED) is 0.785. The largest absolute Gasteiger partial charge is 0.469 e. The molecule has 100 valence electrons. The summed E-state index contributed by atoms with van der Waals surface area (Å²) in [5, 5.41) is 4.98. The number of furan rings is 1. The molecule has 20 heavy (non-hydrogen) atoms. The molecule has 0 radical (unpaired) electrons. The highest BCUT2D eigenvalue weighted by atomic mass is 16.3. The first-order valence-electron chi connectivity index (χ1n) is 6.63. The SMILES string of the molecule is O=C(NCCc1ccco1)c1cccc2ccccc12. The Balaban J connectivity index is 1.72. The van der Waals surface area contributed by atoms with Crippen molar-refractivity contribution in [3.63, 3.8) is 0 Å². The Hall–Kier alpha value is -2.55. The number of nitrogens with one attached hydrogen (secondary N) is 1. The number of carbonyl (C=O) groups excluding carboxylic acids is 1. The number of amides is 1. The van der Waals surface area contributed by atoms with E-state index in [0.29, 0.717) is 18.5 Å². The second kappa shape index (κ2) is 5.61. The molecule has 3 heteroatoms. The second-order valence-electron chi connectivity index (χ2n) is 4.61. The minimum atomic E-state index is -0.0478. The lowest BCUT2D eigenvalue weighted by Crippen LogP contribution is -2.25. The molecule has 0 atom stereocenters. The van der Waals surface area contributed by atoms with Crippen molar-refractivity contribution in [3.8, 4) is 0 Å². The van der Waals surface area contributed by atoms with Gasteiger partial charge in [0, 0.05) is 18.5 Å². The van der Waals surface area contributed by atoms with Crippen LogP contribution in [0.5, 0.6) is 0 Å². The Bertz CT molecular complexity index is 711. The molecule has 3 nitrogen and oxygen atoms in total. The average Bonchev–Trinajstić information content (AvgIpc) is 3.00. The van der Waals surface area contributed by atoms with Gasteiger partial charge in [0.05, 0.1) is 6.26 Å². The topological polar surface area (TPSA) is 42.2 Å². The predicted octanol–water partition coefficient (Wildman–Crippen LogP) is 3.41. The fraction of sp³-hybridized carbons (Fsp3) is 0.118. The van der Waals surface area contributed by atoms with Gasteiger partial charge in [-0.2, -0.15) is 0 Å². The number of rotatable bonds is 4. The maximum atomic E-state index is 12.2. The molecule has 1 amide bonds. The predicted molar refractivity (Wildman–Crippen MR) is 78.7 cm³/mol. The highest BCUT2D eigenvalue weighted by Gasteiger charge is 2.09. The molecule has 0 aliphatic heterocycles. The van der Waals surface area contributed by atoms with E-state index in [1.54, 1.807) is 6.26 Å². The van der Waals surface area contributed by atoms with E-state index in [4.69, 9.17) is 4.42 Å². The van der Waals surface area contributed by atoms with Crippen molar-refractivity contribution in [2.45, 2.75) is 6.42 Å². The second-order valence-corrected chi connectivity index (χ2v) is 4.61. The summed E-state index contributed by atoms with van der Waals surface area (Å²) in [6.45, 7) is 0.565. The van der Waals surface area contributed by atoms with E-state index in [1.165, 1.54) is 0 Å². The van der Waals surface area contributed by atoms with E-state index in [9.17, 15) is 4.79 Å². The number of carbonyl (C=O) groups is 1. The molecule has 1 N–H and O–H groups in total. The molecule has 2 aromatic carbocycles. The van der Waals surface area contributed by atoms with E-state index < -0.39 is 0 Å². The summed E-state index contributed by atoms with van der Waals surface area (Å²) in [6.07, 6.45) is 2.34. The van der Waals surface area contributed by atoms with Crippen LogP contribution in [0.15, 0.2) is 65.3 Å². The standard InChI is InChI=1S/C17H15NO2/c19-17(18-11-10-14-7-4-12-20-14)16-9-3-6-13-5-1-2-8-15(13)16/h1-9,12H,10-11H2,(H,18,19). The molecule has 0 fully saturated rings. The van der Waals surface area contributed by atoms with Crippen molar-refractivity contribution in [1.29, 1.82) is 0 Å². The summed E-state index contributed by atoms with van der Waals surface area (Å²) in [5.74, 6) is 0.830. The third-order valence-electron chi connectivity index (χ3n) is 3.27. The molecule has 1 aromatic heterocycles. The van der Waals surface area contributed by atoms with Crippen LogP contribution in [0, 0.1) is 0 Å². The molecule has 3 aromatic rings. The molecule has 0 unspecified atom stereocenters. The van der Waals surface area contributed by atoms with E-state index in [1.807, 2.05) is 54.6 Å². The van der Waals surface area contributed by atoms with Gasteiger partial charge in [0.1, 0.15) is 5.76 Å². The van der Waals surface area contributed by atoms with E-state index in [-0.39, 0.29) is 5.91 Å². The first kappa shape index (κ1) is 12.5. The Morgan fingerprint density at radius 3 is 2.70 bits per heavy atom. The molecule has 0 saturated heterocycles. The minimum Gasteiger partial charge on any atom is -0.469 e. The van der Waals surface area contributed by atoms with Crippen LogP contribution in [0.1, 0.15) is 16.1 Å². The summed E-state index contributed by atoms with van der Waals surface area (Å²) in [6, 6.07) is 17.4. The maximum absolute atomic E-state index is 12.2. The van der Waals surface area contributed by atoms with Crippen LogP contribution < -0.4 is 5.32 Å². The third-order valence-corrected chi connectivity index (χ3v) is 3.27. The normalized spacial score (nSPS) is 10.6. The molecule has 3 rings (SSSR count). The van der Waals surface area contributed by atoms with Crippen molar-refractivity contribution >= 4 is 16.7 Å². The van der Waals surface area contributed by atoms with Gasteiger partial charge in [0.15, 0.2) is 0 Å². The molecule has 0 saturated carbocycles. The molecule has 0 aliphatic carbocycles. The number of hydrogen-bond donors (Lipinski definition) is 1. The van der Waals surface area contributed by atoms with Crippen molar-refractivity contribution in [3.05, 3.63) is 72.2 Å². The molecular formula is C17H15NO2. The van der Waals surface area contributed by atoms with Gasteiger partial charge in [0.2, 0.25) is 0 Å². The van der Waals surface area contributed by atoms with Gasteiger partial charge in [0.25, 0.3) is 5.91 Å². The van der Waals surface area contributed by atoms with Crippen molar-refractivity contribution in [2.24, 2.45) is 0 Å². The van der Waals surface area contributed by atoms with Crippen LogP contribution >= 0.6 is 0 Å². The lowest BCUT2D eigenvalue weighted by molar-refractivity contribution is 0.0955. The Labute approximate surface area is 117 Å².